The zero-order valence-corrected chi connectivity index (χ0v) is 6.10. The van der Waals surface area contributed by atoms with Crippen molar-refractivity contribution < 1.29 is 13.5 Å². The normalized spacial score (nSPS) is 9.08. The van der Waals surface area contributed by atoms with Crippen LogP contribution in [-0.4, -0.2) is 6.61 Å². The lowest BCUT2D eigenvalue weighted by Gasteiger charge is -2.00. The Morgan fingerprint density at radius 1 is 1.50 bits per heavy atom. The number of ether oxygens (including phenoxy) is 1. The number of halogens is 2. The highest BCUT2D eigenvalue weighted by molar-refractivity contribution is 5.22. The lowest BCUT2D eigenvalue weighted by molar-refractivity contribution is 0.364. The van der Waals surface area contributed by atoms with Crippen LogP contribution in [0.3, 0.4) is 0 Å². The van der Waals surface area contributed by atoms with Crippen molar-refractivity contribution in [3.05, 3.63) is 29.8 Å². The summed E-state index contributed by atoms with van der Waals surface area (Å²) in [6.07, 6.45) is 4.88. The van der Waals surface area contributed by atoms with E-state index < -0.39 is 11.6 Å². The van der Waals surface area contributed by atoms with E-state index in [4.69, 9.17) is 11.2 Å². The van der Waals surface area contributed by atoms with Gasteiger partial charge in [0.15, 0.2) is 0 Å². The summed E-state index contributed by atoms with van der Waals surface area (Å²) >= 11 is 0. The minimum Gasteiger partial charge on any atom is -0.480 e. The van der Waals surface area contributed by atoms with E-state index in [1.807, 2.05) is 0 Å². The van der Waals surface area contributed by atoms with Crippen LogP contribution < -0.4 is 4.74 Å². The number of benzene rings is 1. The minimum absolute atomic E-state index is 0.0227. The third kappa shape index (κ3) is 2.24. The molecule has 0 unspecified atom stereocenters. The molecular formula is C9H5F2O. The van der Waals surface area contributed by atoms with Crippen molar-refractivity contribution in [3.8, 4) is 18.1 Å². The summed E-state index contributed by atoms with van der Waals surface area (Å²) in [4.78, 5) is 0. The van der Waals surface area contributed by atoms with Crippen molar-refractivity contribution in [1.82, 2.24) is 0 Å². The Kier molecular flexibility index (Phi) is 2.65. The zero-order chi connectivity index (χ0) is 8.97. The third-order valence-electron chi connectivity index (χ3n) is 1.09. The van der Waals surface area contributed by atoms with Crippen LogP contribution in [0.15, 0.2) is 12.1 Å². The van der Waals surface area contributed by atoms with Crippen LogP contribution in [0.25, 0.3) is 0 Å². The van der Waals surface area contributed by atoms with Gasteiger partial charge in [-0.2, -0.15) is 0 Å². The van der Waals surface area contributed by atoms with E-state index in [-0.39, 0.29) is 12.4 Å². The van der Waals surface area contributed by atoms with Crippen LogP contribution in [0.4, 0.5) is 8.78 Å². The first-order valence-electron chi connectivity index (χ1n) is 3.17. The van der Waals surface area contributed by atoms with Crippen LogP contribution in [0.1, 0.15) is 0 Å². The number of hydrogen-bond acceptors (Lipinski definition) is 1. The van der Waals surface area contributed by atoms with Gasteiger partial charge in [0.2, 0.25) is 0 Å². The summed E-state index contributed by atoms with van der Waals surface area (Å²) in [5.41, 5.74) is 0. The molecule has 0 heterocycles. The maximum absolute atomic E-state index is 12.5. The number of terminal acetylenes is 1. The Morgan fingerprint density at radius 2 is 2.25 bits per heavy atom. The van der Waals surface area contributed by atoms with Crippen molar-refractivity contribution in [2.75, 3.05) is 6.61 Å². The van der Waals surface area contributed by atoms with Gasteiger partial charge in [-0.25, -0.2) is 8.78 Å². The maximum Gasteiger partial charge on any atom is 0.148 e. The summed E-state index contributed by atoms with van der Waals surface area (Å²) in [7, 11) is 0. The fourth-order valence-electron chi connectivity index (χ4n) is 0.675. The first kappa shape index (κ1) is 8.54. The SMILES string of the molecule is C#CCOc1[c]c(F)cc(F)c1. The van der Waals surface area contributed by atoms with Crippen molar-refractivity contribution in [2.45, 2.75) is 0 Å². The molecule has 0 amide bonds. The van der Waals surface area contributed by atoms with Gasteiger partial charge in [-0.15, -0.1) is 6.42 Å². The van der Waals surface area contributed by atoms with Crippen LogP contribution in [-0.2, 0) is 0 Å². The van der Waals surface area contributed by atoms with Gasteiger partial charge in [0.25, 0.3) is 0 Å². The smallest absolute Gasteiger partial charge is 0.148 e. The molecule has 0 aliphatic carbocycles. The molecule has 1 aromatic carbocycles. The molecule has 0 saturated carbocycles. The van der Waals surface area contributed by atoms with Gasteiger partial charge >= 0.3 is 0 Å². The summed E-state index contributed by atoms with van der Waals surface area (Å²) in [6.45, 7) is -0.0284. The largest absolute Gasteiger partial charge is 0.480 e. The second-order valence-corrected chi connectivity index (χ2v) is 2.00. The van der Waals surface area contributed by atoms with Gasteiger partial charge in [-0.3, -0.25) is 0 Å². The second-order valence-electron chi connectivity index (χ2n) is 2.00. The first-order valence-corrected chi connectivity index (χ1v) is 3.17. The van der Waals surface area contributed by atoms with Crippen molar-refractivity contribution in [2.24, 2.45) is 0 Å². The van der Waals surface area contributed by atoms with Gasteiger partial charge in [0.1, 0.15) is 24.0 Å². The van der Waals surface area contributed by atoms with Gasteiger partial charge < -0.3 is 4.74 Å². The van der Waals surface area contributed by atoms with Crippen LogP contribution >= 0.6 is 0 Å². The molecule has 0 aromatic heterocycles. The molecule has 12 heavy (non-hydrogen) atoms. The lowest BCUT2D eigenvalue weighted by Crippen LogP contribution is -1.94. The fourth-order valence-corrected chi connectivity index (χ4v) is 0.675. The highest BCUT2D eigenvalue weighted by atomic mass is 19.1. The quantitative estimate of drug-likeness (QED) is 0.610. The standard InChI is InChI=1S/C9H5F2O/c1-2-3-12-9-5-7(10)4-8(11)6-9/h1,4-5H,3H2. The molecule has 1 nitrogen and oxygen atoms in total. The van der Waals surface area contributed by atoms with Crippen molar-refractivity contribution in [3.63, 3.8) is 0 Å². The van der Waals surface area contributed by atoms with Gasteiger partial charge in [-0.05, 0) is 0 Å². The second kappa shape index (κ2) is 3.72. The van der Waals surface area contributed by atoms with Crippen LogP contribution in [0, 0.1) is 30.0 Å². The van der Waals surface area contributed by atoms with Gasteiger partial charge in [0, 0.05) is 12.1 Å². The van der Waals surface area contributed by atoms with Gasteiger partial charge in [-0.1, -0.05) is 5.92 Å². The molecule has 0 fully saturated rings. The van der Waals surface area contributed by atoms with E-state index in [1.165, 1.54) is 0 Å². The Labute approximate surface area is 69.0 Å². The molecular weight excluding hydrogens is 162 g/mol. The van der Waals surface area contributed by atoms with E-state index in [2.05, 4.69) is 12.0 Å². The predicted molar refractivity (Wildman–Crippen MR) is 39.5 cm³/mol. The van der Waals surface area contributed by atoms with Crippen LogP contribution in [0.5, 0.6) is 5.75 Å². The number of rotatable bonds is 2. The molecule has 0 saturated heterocycles. The topological polar surface area (TPSA) is 9.23 Å². The fraction of sp³-hybridized carbons (Fsp3) is 0.111. The minimum atomic E-state index is -0.804. The molecule has 0 bridgehead atoms. The molecule has 1 aromatic rings. The van der Waals surface area contributed by atoms with E-state index in [0.29, 0.717) is 6.07 Å². The molecule has 0 atom stereocenters. The molecule has 0 N–H and O–H groups in total. The third-order valence-corrected chi connectivity index (χ3v) is 1.09. The Balaban J connectivity index is 2.80. The van der Waals surface area contributed by atoms with Crippen molar-refractivity contribution >= 4 is 0 Å². The summed E-state index contributed by atoms with van der Waals surface area (Å²) in [5.74, 6) is 0.632. The summed E-state index contributed by atoms with van der Waals surface area (Å²) < 4.78 is 29.6. The van der Waals surface area contributed by atoms with E-state index >= 15 is 0 Å². The Hall–Kier alpha value is -1.56. The summed E-state index contributed by atoms with van der Waals surface area (Å²) in [5, 5.41) is 0. The zero-order valence-electron chi connectivity index (χ0n) is 6.10. The predicted octanol–water partition coefficient (Wildman–Crippen LogP) is 1.78. The van der Waals surface area contributed by atoms with Crippen molar-refractivity contribution in [1.29, 1.82) is 0 Å². The van der Waals surface area contributed by atoms with Crippen LogP contribution in [0.2, 0.25) is 0 Å². The average molecular weight is 167 g/mol. The molecule has 3 heteroatoms. The lowest BCUT2D eigenvalue weighted by atomic mass is 10.3. The monoisotopic (exact) mass is 167 g/mol. The summed E-state index contributed by atoms with van der Waals surface area (Å²) in [6, 6.07) is 3.88. The van der Waals surface area contributed by atoms with E-state index in [0.717, 1.165) is 6.07 Å². The molecule has 1 rings (SSSR count). The number of hydrogen-bond donors (Lipinski definition) is 0. The van der Waals surface area contributed by atoms with E-state index in [9.17, 15) is 8.78 Å². The molecule has 61 valence electrons. The Morgan fingerprint density at radius 3 is 2.83 bits per heavy atom. The molecule has 0 aliphatic rings. The molecule has 0 aliphatic heterocycles. The molecule has 0 spiro atoms. The highest BCUT2D eigenvalue weighted by Gasteiger charge is 2.00. The maximum atomic E-state index is 12.5. The molecule has 1 radical (unpaired) electrons. The van der Waals surface area contributed by atoms with Gasteiger partial charge in [0.05, 0.1) is 6.07 Å². The Bertz CT molecular complexity index is 295. The van der Waals surface area contributed by atoms with E-state index in [1.54, 1.807) is 0 Å². The first-order chi connectivity index (χ1) is 5.72. The highest BCUT2D eigenvalue weighted by Crippen LogP contribution is 2.13. The average Bonchev–Trinajstić information content (AvgIpc) is 1.99.